The Morgan fingerprint density at radius 2 is 2.00 bits per heavy atom. The number of hydrogen-bond donors (Lipinski definition) is 3. The SMILES string of the molecule is C=C/C=c1/cc(-c2cncc(C)c2)cc(NC2CCNCC2)/c1=C/N. The molecule has 1 saturated heterocycles. The van der Waals surface area contributed by atoms with Crippen LogP contribution >= 0.6 is 0 Å². The van der Waals surface area contributed by atoms with Crippen LogP contribution in [0.4, 0.5) is 5.69 Å². The molecule has 130 valence electrons. The third-order valence-electron chi connectivity index (χ3n) is 4.58. The number of aromatic nitrogens is 1. The van der Waals surface area contributed by atoms with Gasteiger partial charge in [-0.25, -0.2) is 0 Å². The van der Waals surface area contributed by atoms with Crippen molar-refractivity contribution in [1.29, 1.82) is 0 Å². The summed E-state index contributed by atoms with van der Waals surface area (Å²) in [4.78, 5) is 4.33. The molecule has 0 saturated carbocycles. The molecule has 0 bridgehead atoms. The molecule has 0 aliphatic carbocycles. The van der Waals surface area contributed by atoms with E-state index >= 15 is 0 Å². The average molecular weight is 334 g/mol. The minimum atomic E-state index is 0.461. The van der Waals surface area contributed by atoms with Crippen LogP contribution in [0, 0.1) is 6.92 Å². The van der Waals surface area contributed by atoms with Gasteiger partial charge in [0.05, 0.1) is 0 Å². The molecule has 0 spiro atoms. The highest BCUT2D eigenvalue weighted by atomic mass is 15.0. The number of rotatable bonds is 4. The van der Waals surface area contributed by atoms with Crippen molar-refractivity contribution >= 4 is 18.0 Å². The first-order chi connectivity index (χ1) is 12.2. The topological polar surface area (TPSA) is 63.0 Å². The fraction of sp³-hybridized carbons (Fsp3) is 0.286. The van der Waals surface area contributed by atoms with Gasteiger partial charge in [0.25, 0.3) is 0 Å². The first-order valence-electron chi connectivity index (χ1n) is 8.79. The van der Waals surface area contributed by atoms with Gasteiger partial charge in [0.1, 0.15) is 0 Å². The Morgan fingerprint density at radius 3 is 2.68 bits per heavy atom. The lowest BCUT2D eigenvalue weighted by atomic mass is 10.0. The van der Waals surface area contributed by atoms with Gasteiger partial charge in [-0.05, 0) is 67.4 Å². The summed E-state index contributed by atoms with van der Waals surface area (Å²) in [5.74, 6) is 0. The highest BCUT2D eigenvalue weighted by Gasteiger charge is 2.14. The van der Waals surface area contributed by atoms with Crippen LogP contribution in [0.3, 0.4) is 0 Å². The van der Waals surface area contributed by atoms with Gasteiger partial charge in [-0.15, -0.1) is 0 Å². The van der Waals surface area contributed by atoms with Crippen molar-refractivity contribution in [2.24, 2.45) is 5.73 Å². The highest BCUT2D eigenvalue weighted by Crippen LogP contribution is 2.20. The lowest BCUT2D eigenvalue weighted by Crippen LogP contribution is -2.38. The molecule has 0 unspecified atom stereocenters. The molecule has 2 aromatic rings. The quantitative estimate of drug-likeness (QED) is 0.799. The smallest absolute Gasteiger partial charge is 0.0442 e. The summed E-state index contributed by atoms with van der Waals surface area (Å²) < 4.78 is 0. The molecular formula is C21H26N4. The van der Waals surface area contributed by atoms with Gasteiger partial charge in [-0.1, -0.05) is 18.7 Å². The number of benzene rings is 1. The van der Waals surface area contributed by atoms with E-state index in [1.165, 1.54) is 0 Å². The normalized spacial score (nSPS) is 16.8. The highest BCUT2D eigenvalue weighted by molar-refractivity contribution is 5.70. The summed E-state index contributed by atoms with van der Waals surface area (Å²) in [5, 5.41) is 9.18. The Labute approximate surface area is 149 Å². The summed E-state index contributed by atoms with van der Waals surface area (Å²) in [6.45, 7) is 8.00. The van der Waals surface area contributed by atoms with Crippen molar-refractivity contribution in [3.05, 3.63) is 59.2 Å². The standard InChI is InChI=1S/C21H26N4/c1-3-4-16-10-17(18-9-15(2)13-24-14-18)11-21(20(16)12-22)25-19-5-7-23-8-6-19/h3-4,9-14,19,23,25H,1,5-8,22H2,2H3/b16-4-,20-12+. The van der Waals surface area contributed by atoms with Crippen LogP contribution in [0.5, 0.6) is 0 Å². The van der Waals surface area contributed by atoms with Gasteiger partial charge in [0.15, 0.2) is 0 Å². The number of nitrogens with two attached hydrogens (primary N) is 1. The molecule has 1 aromatic carbocycles. The number of nitrogens with one attached hydrogen (secondary N) is 2. The van der Waals surface area contributed by atoms with Crippen molar-refractivity contribution in [3.63, 3.8) is 0 Å². The Kier molecular flexibility index (Phi) is 5.51. The first-order valence-corrected chi connectivity index (χ1v) is 8.79. The number of anilines is 1. The molecule has 1 aliphatic rings. The molecule has 4 nitrogen and oxygen atoms in total. The predicted molar refractivity (Wildman–Crippen MR) is 106 cm³/mol. The van der Waals surface area contributed by atoms with Gasteiger partial charge < -0.3 is 16.4 Å². The molecule has 0 atom stereocenters. The monoisotopic (exact) mass is 334 g/mol. The minimum Gasteiger partial charge on any atom is -0.404 e. The van der Waals surface area contributed by atoms with Crippen LogP contribution in [-0.2, 0) is 0 Å². The molecule has 3 rings (SSSR count). The van der Waals surface area contributed by atoms with Crippen molar-refractivity contribution in [2.75, 3.05) is 18.4 Å². The summed E-state index contributed by atoms with van der Waals surface area (Å²) in [5.41, 5.74) is 10.4. The molecular weight excluding hydrogens is 308 g/mol. The van der Waals surface area contributed by atoms with E-state index in [1.807, 2.05) is 18.5 Å². The first kappa shape index (κ1) is 17.2. The molecule has 4 N–H and O–H groups in total. The van der Waals surface area contributed by atoms with E-state index in [0.29, 0.717) is 6.04 Å². The second-order valence-electron chi connectivity index (χ2n) is 6.52. The van der Waals surface area contributed by atoms with Crippen LogP contribution < -0.4 is 26.8 Å². The van der Waals surface area contributed by atoms with E-state index in [1.54, 1.807) is 12.3 Å². The third kappa shape index (κ3) is 4.09. The van der Waals surface area contributed by atoms with Gasteiger partial charge in [-0.2, -0.15) is 0 Å². The van der Waals surface area contributed by atoms with Crippen molar-refractivity contribution in [2.45, 2.75) is 25.8 Å². The summed E-state index contributed by atoms with van der Waals surface area (Å²) in [6, 6.07) is 6.93. The van der Waals surface area contributed by atoms with Crippen molar-refractivity contribution in [1.82, 2.24) is 10.3 Å². The zero-order chi connectivity index (χ0) is 17.6. The number of piperidine rings is 1. The maximum atomic E-state index is 5.96. The van der Waals surface area contributed by atoms with Gasteiger partial charge in [0, 0.05) is 41.1 Å². The number of allylic oxidation sites excluding steroid dienone is 1. The van der Waals surface area contributed by atoms with Crippen LogP contribution in [0.1, 0.15) is 18.4 Å². The van der Waals surface area contributed by atoms with Gasteiger partial charge >= 0.3 is 0 Å². The third-order valence-corrected chi connectivity index (χ3v) is 4.58. The van der Waals surface area contributed by atoms with Crippen LogP contribution in [0.2, 0.25) is 0 Å². The predicted octanol–water partition coefficient (Wildman–Crippen LogP) is 1.88. The molecule has 1 fully saturated rings. The van der Waals surface area contributed by atoms with Crippen molar-refractivity contribution in [3.8, 4) is 11.1 Å². The summed E-state index contributed by atoms with van der Waals surface area (Å²) in [6.07, 6.45) is 11.5. The molecule has 1 aromatic heterocycles. The molecule has 2 heterocycles. The second-order valence-corrected chi connectivity index (χ2v) is 6.52. The van der Waals surface area contributed by atoms with E-state index in [0.717, 1.165) is 58.7 Å². The fourth-order valence-corrected chi connectivity index (χ4v) is 3.31. The Morgan fingerprint density at radius 1 is 1.20 bits per heavy atom. The fourth-order valence-electron chi connectivity index (χ4n) is 3.31. The number of hydrogen-bond acceptors (Lipinski definition) is 4. The molecule has 1 aliphatic heterocycles. The Balaban J connectivity index is 2.11. The average Bonchev–Trinajstić information content (AvgIpc) is 2.63. The summed E-state index contributed by atoms with van der Waals surface area (Å²) in [7, 11) is 0. The minimum absolute atomic E-state index is 0.461. The number of nitrogens with zero attached hydrogens (tertiary/aromatic N) is 1. The van der Waals surface area contributed by atoms with Crippen LogP contribution in [0.15, 0.2) is 43.2 Å². The largest absolute Gasteiger partial charge is 0.404 e. The van der Waals surface area contributed by atoms with Crippen molar-refractivity contribution < 1.29 is 0 Å². The van der Waals surface area contributed by atoms with Gasteiger partial charge in [-0.3, -0.25) is 4.98 Å². The van der Waals surface area contributed by atoms with Gasteiger partial charge in [0.2, 0.25) is 0 Å². The van der Waals surface area contributed by atoms with E-state index in [9.17, 15) is 0 Å². The second kappa shape index (κ2) is 7.99. The lowest BCUT2D eigenvalue weighted by molar-refractivity contribution is 0.479. The number of pyridine rings is 1. The maximum Gasteiger partial charge on any atom is 0.0442 e. The van der Waals surface area contributed by atoms with E-state index < -0.39 is 0 Å². The molecule has 0 amide bonds. The molecule has 25 heavy (non-hydrogen) atoms. The Bertz CT molecular complexity index is 864. The Hall–Kier alpha value is -2.59. The van der Waals surface area contributed by atoms with E-state index in [4.69, 9.17) is 5.73 Å². The molecule has 4 heteroatoms. The molecule has 0 radical (unpaired) electrons. The zero-order valence-corrected chi connectivity index (χ0v) is 14.8. The van der Waals surface area contributed by atoms with Crippen LogP contribution in [0.25, 0.3) is 23.4 Å². The van der Waals surface area contributed by atoms with Crippen LogP contribution in [-0.4, -0.2) is 24.1 Å². The van der Waals surface area contributed by atoms with E-state index in [2.05, 4.69) is 47.3 Å². The zero-order valence-electron chi connectivity index (χ0n) is 14.8. The van der Waals surface area contributed by atoms with E-state index in [-0.39, 0.29) is 0 Å². The summed E-state index contributed by atoms with van der Waals surface area (Å²) >= 11 is 0. The lowest BCUT2D eigenvalue weighted by Gasteiger charge is -2.25. The number of aryl methyl sites for hydroxylation is 1. The maximum absolute atomic E-state index is 5.96.